The van der Waals surface area contributed by atoms with Crippen molar-refractivity contribution < 1.29 is 22.7 Å². The van der Waals surface area contributed by atoms with Crippen LogP contribution in [0.25, 0.3) is 11.1 Å². The van der Waals surface area contributed by atoms with Crippen LogP contribution in [0.3, 0.4) is 0 Å². The average Bonchev–Trinajstić information content (AvgIpc) is 3.01. The fourth-order valence-electron chi connectivity index (χ4n) is 4.59. The van der Waals surface area contributed by atoms with E-state index in [0.717, 1.165) is 38.5 Å². The van der Waals surface area contributed by atoms with Gasteiger partial charge in [0.15, 0.2) is 0 Å². The molecule has 33 heavy (non-hydrogen) atoms. The molecule has 1 amide bonds. The van der Waals surface area contributed by atoms with Gasteiger partial charge >= 0.3 is 0 Å². The highest BCUT2D eigenvalue weighted by Gasteiger charge is 2.29. The number of aryl methyl sites for hydroxylation is 1. The molecule has 9 nitrogen and oxygen atoms in total. The van der Waals surface area contributed by atoms with Gasteiger partial charge in [-0.25, -0.2) is 13.1 Å². The van der Waals surface area contributed by atoms with Gasteiger partial charge < -0.3 is 10.1 Å². The third-order valence-corrected chi connectivity index (χ3v) is 7.83. The molecule has 2 N–H and O–H groups in total. The SMILES string of the molecule is COc1ccc(-c2c(C)nn3c2NC(=O)CCC3=O)cc1S(=O)(=O)NC1CCCCCCC1. The number of hydrogen-bond donors (Lipinski definition) is 2. The molecule has 0 radical (unpaired) electrons. The number of nitrogens with one attached hydrogen (secondary N) is 2. The minimum Gasteiger partial charge on any atom is -0.495 e. The summed E-state index contributed by atoms with van der Waals surface area (Å²) in [6, 6.07) is 4.71. The molecule has 1 aromatic heterocycles. The highest BCUT2D eigenvalue weighted by atomic mass is 32.2. The minimum atomic E-state index is -3.86. The largest absolute Gasteiger partial charge is 0.495 e. The van der Waals surface area contributed by atoms with Crippen molar-refractivity contribution in [1.82, 2.24) is 14.5 Å². The summed E-state index contributed by atoms with van der Waals surface area (Å²) in [5.41, 5.74) is 1.56. The first-order valence-corrected chi connectivity index (χ1v) is 12.9. The number of amides is 1. The van der Waals surface area contributed by atoms with E-state index in [9.17, 15) is 18.0 Å². The van der Waals surface area contributed by atoms with Crippen LogP contribution in [-0.2, 0) is 14.8 Å². The van der Waals surface area contributed by atoms with Crippen LogP contribution in [0.5, 0.6) is 5.75 Å². The Balaban J connectivity index is 1.74. The van der Waals surface area contributed by atoms with Crippen molar-refractivity contribution >= 4 is 27.7 Å². The van der Waals surface area contributed by atoms with Gasteiger partial charge in [0.2, 0.25) is 21.8 Å². The number of sulfonamides is 1. The van der Waals surface area contributed by atoms with Gasteiger partial charge in [-0.15, -0.1) is 0 Å². The maximum absolute atomic E-state index is 13.4. The van der Waals surface area contributed by atoms with Crippen molar-refractivity contribution in [2.75, 3.05) is 12.4 Å². The van der Waals surface area contributed by atoms with Crippen molar-refractivity contribution in [1.29, 1.82) is 0 Å². The Bertz CT molecular complexity index is 1160. The van der Waals surface area contributed by atoms with Crippen LogP contribution in [0.2, 0.25) is 0 Å². The molecule has 4 rings (SSSR count). The molecule has 0 saturated heterocycles. The Morgan fingerprint density at radius 2 is 1.79 bits per heavy atom. The van der Waals surface area contributed by atoms with E-state index in [1.54, 1.807) is 19.1 Å². The van der Waals surface area contributed by atoms with E-state index >= 15 is 0 Å². The van der Waals surface area contributed by atoms with Crippen molar-refractivity contribution in [3.05, 3.63) is 23.9 Å². The normalized spacial score (nSPS) is 18.1. The Morgan fingerprint density at radius 1 is 1.09 bits per heavy atom. The molecule has 0 atom stereocenters. The third-order valence-electron chi connectivity index (χ3n) is 6.29. The summed E-state index contributed by atoms with van der Waals surface area (Å²) in [4.78, 5) is 24.6. The van der Waals surface area contributed by atoms with Crippen LogP contribution in [0.15, 0.2) is 23.1 Å². The summed E-state index contributed by atoms with van der Waals surface area (Å²) >= 11 is 0. The lowest BCUT2D eigenvalue weighted by Gasteiger charge is -2.22. The number of hydrogen-bond acceptors (Lipinski definition) is 6. The summed E-state index contributed by atoms with van der Waals surface area (Å²) in [5.74, 6) is -0.0739. The second-order valence-corrected chi connectivity index (χ2v) is 10.4. The Kier molecular flexibility index (Phi) is 6.85. The summed E-state index contributed by atoms with van der Waals surface area (Å²) in [6.45, 7) is 1.72. The number of benzene rings is 1. The van der Waals surface area contributed by atoms with Crippen LogP contribution in [-0.4, -0.2) is 43.2 Å². The van der Waals surface area contributed by atoms with Gasteiger partial charge in [0.1, 0.15) is 16.5 Å². The van der Waals surface area contributed by atoms with Crippen molar-refractivity contribution in [3.8, 4) is 16.9 Å². The van der Waals surface area contributed by atoms with Gasteiger partial charge in [-0.1, -0.05) is 38.2 Å². The number of nitrogens with zero attached hydrogens (tertiary/aromatic N) is 2. The van der Waals surface area contributed by atoms with E-state index in [-0.39, 0.29) is 47.2 Å². The van der Waals surface area contributed by atoms with E-state index in [2.05, 4.69) is 15.1 Å². The van der Waals surface area contributed by atoms with Crippen LogP contribution < -0.4 is 14.8 Å². The molecule has 178 valence electrons. The van der Waals surface area contributed by atoms with Crippen LogP contribution in [0.4, 0.5) is 5.82 Å². The lowest BCUT2D eigenvalue weighted by Crippen LogP contribution is -2.35. The second kappa shape index (κ2) is 9.64. The summed E-state index contributed by atoms with van der Waals surface area (Å²) in [5, 5.41) is 7.06. The highest BCUT2D eigenvalue weighted by Crippen LogP contribution is 2.37. The summed E-state index contributed by atoms with van der Waals surface area (Å²) in [7, 11) is -2.43. The first-order valence-electron chi connectivity index (χ1n) is 11.4. The van der Waals surface area contributed by atoms with Gasteiger partial charge in [0.05, 0.1) is 12.8 Å². The first-order chi connectivity index (χ1) is 15.8. The molecule has 10 heteroatoms. The molecule has 1 aromatic carbocycles. The Morgan fingerprint density at radius 3 is 2.48 bits per heavy atom. The molecular weight excluding hydrogens is 444 g/mol. The number of carbonyl (C=O) groups excluding carboxylic acids is 2. The number of rotatable bonds is 5. The maximum Gasteiger partial charge on any atom is 0.249 e. The van der Waals surface area contributed by atoms with Gasteiger partial charge in [-0.2, -0.15) is 9.78 Å². The summed E-state index contributed by atoms with van der Waals surface area (Å²) < 4.78 is 36.2. The zero-order valence-electron chi connectivity index (χ0n) is 19.0. The third kappa shape index (κ3) is 4.96. The zero-order valence-corrected chi connectivity index (χ0v) is 19.8. The molecule has 1 fully saturated rings. The van der Waals surface area contributed by atoms with E-state index in [0.29, 0.717) is 16.8 Å². The van der Waals surface area contributed by atoms with Gasteiger partial charge in [-0.05, 0) is 37.5 Å². The van der Waals surface area contributed by atoms with Gasteiger partial charge in [0.25, 0.3) is 0 Å². The predicted octanol–water partition coefficient (Wildman–Crippen LogP) is 3.63. The highest BCUT2D eigenvalue weighted by molar-refractivity contribution is 7.89. The van der Waals surface area contributed by atoms with Gasteiger partial charge in [0, 0.05) is 24.4 Å². The monoisotopic (exact) mass is 474 g/mol. The summed E-state index contributed by atoms with van der Waals surface area (Å²) in [6.07, 6.45) is 7.20. The molecule has 0 bridgehead atoms. The van der Waals surface area contributed by atoms with Crippen LogP contribution in [0, 0.1) is 6.92 Å². The fraction of sp³-hybridized carbons (Fsp3) is 0.522. The molecule has 0 spiro atoms. The Labute approximate surface area is 193 Å². The molecular formula is C23H30N4O5S. The van der Waals surface area contributed by atoms with E-state index in [4.69, 9.17) is 4.74 Å². The standard InChI is InChI=1S/C23H30N4O5S/c1-15-22(23-24-20(28)12-13-21(29)27(23)25-15)16-10-11-18(32-2)19(14-16)33(30,31)26-17-8-6-4-3-5-7-9-17/h10-11,14,17,26H,3-9,12-13H2,1-2H3,(H,24,28). The second-order valence-electron chi connectivity index (χ2n) is 8.69. The molecule has 2 aliphatic rings. The average molecular weight is 475 g/mol. The van der Waals surface area contributed by atoms with Crippen LogP contribution in [0.1, 0.15) is 68.3 Å². The van der Waals surface area contributed by atoms with Crippen molar-refractivity contribution in [3.63, 3.8) is 0 Å². The molecule has 1 aliphatic heterocycles. The first kappa shape index (κ1) is 23.4. The Hall–Kier alpha value is -2.72. The maximum atomic E-state index is 13.4. The number of carbonyl (C=O) groups is 2. The minimum absolute atomic E-state index is 0.0233. The molecule has 0 unspecified atom stereocenters. The number of anilines is 1. The van der Waals surface area contributed by atoms with E-state index < -0.39 is 10.0 Å². The lowest BCUT2D eigenvalue weighted by atomic mass is 9.97. The number of fused-ring (bicyclic) bond motifs is 1. The zero-order chi connectivity index (χ0) is 23.6. The molecule has 2 aromatic rings. The van der Waals surface area contributed by atoms with E-state index in [1.165, 1.54) is 24.3 Å². The van der Waals surface area contributed by atoms with Crippen molar-refractivity contribution in [2.45, 2.75) is 75.6 Å². The van der Waals surface area contributed by atoms with Gasteiger partial charge in [-0.3, -0.25) is 9.59 Å². The lowest BCUT2D eigenvalue weighted by molar-refractivity contribution is -0.116. The topological polar surface area (TPSA) is 119 Å². The molecule has 1 saturated carbocycles. The van der Waals surface area contributed by atoms with E-state index in [1.807, 2.05) is 0 Å². The number of methoxy groups -OCH3 is 1. The molecule has 2 heterocycles. The smallest absolute Gasteiger partial charge is 0.249 e. The van der Waals surface area contributed by atoms with Crippen molar-refractivity contribution in [2.24, 2.45) is 0 Å². The quantitative estimate of drug-likeness (QED) is 0.683. The molecule has 1 aliphatic carbocycles. The predicted molar refractivity (Wildman–Crippen MR) is 124 cm³/mol. The number of aromatic nitrogens is 2. The fourth-order valence-corrected chi connectivity index (χ4v) is 6.09. The number of ether oxygens (including phenoxy) is 1. The van der Waals surface area contributed by atoms with Crippen LogP contribution >= 0.6 is 0 Å².